The maximum Gasteiger partial charge on any atom is 0.336 e. The number of phenols is 1. The number of carbonyl (C=O) groups is 2. The zero-order valence-corrected chi connectivity index (χ0v) is 16.2. The molecular formula is C20H25NO6. The fourth-order valence-electron chi connectivity index (χ4n) is 2.89. The molecule has 0 bridgehead atoms. The van der Waals surface area contributed by atoms with Gasteiger partial charge in [-0.15, -0.1) is 0 Å². The number of rotatable bonds is 6. The summed E-state index contributed by atoms with van der Waals surface area (Å²) < 4.78 is 15.3. The first-order chi connectivity index (χ1) is 12.8. The molecule has 146 valence electrons. The third kappa shape index (κ3) is 4.24. The maximum absolute atomic E-state index is 12.5. The highest BCUT2D eigenvalue weighted by molar-refractivity contribution is 5.98. The lowest BCUT2D eigenvalue weighted by molar-refractivity contribution is -0.137. The van der Waals surface area contributed by atoms with Crippen LogP contribution in [0.2, 0.25) is 0 Å². The van der Waals surface area contributed by atoms with Crippen LogP contribution in [0.25, 0.3) is 0 Å². The van der Waals surface area contributed by atoms with Crippen molar-refractivity contribution in [2.45, 2.75) is 32.7 Å². The van der Waals surface area contributed by atoms with Crippen LogP contribution in [0.15, 0.2) is 41.7 Å². The Bertz CT molecular complexity index is 747. The minimum atomic E-state index is -0.709. The lowest BCUT2D eigenvalue weighted by atomic mass is 9.83. The molecule has 0 aliphatic carbocycles. The van der Waals surface area contributed by atoms with Crippen molar-refractivity contribution in [3.63, 3.8) is 0 Å². The monoisotopic (exact) mass is 375 g/mol. The normalized spacial score (nSPS) is 14.5. The van der Waals surface area contributed by atoms with Crippen molar-refractivity contribution in [1.82, 2.24) is 4.90 Å². The highest BCUT2D eigenvalue weighted by atomic mass is 16.5. The molecule has 1 heterocycles. The first kappa shape index (κ1) is 20.4. The predicted octanol–water partition coefficient (Wildman–Crippen LogP) is 2.71. The molecule has 1 aliphatic heterocycles. The molecule has 1 aromatic carbocycles. The van der Waals surface area contributed by atoms with Crippen LogP contribution in [0.4, 0.5) is 0 Å². The Morgan fingerprint density at radius 2 is 1.67 bits per heavy atom. The summed E-state index contributed by atoms with van der Waals surface area (Å²) in [6.07, 6.45) is 3.33. The van der Waals surface area contributed by atoms with Gasteiger partial charge < -0.3 is 24.2 Å². The predicted molar refractivity (Wildman–Crippen MR) is 99.2 cm³/mol. The average Bonchev–Trinajstić information content (AvgIpc) is 2.67. The van der Waals surface area contributed by atoms with Gasteiger partial charge in [0.2, 0.25) is 0 Å². The number of benzene rings is 1. The number of hydrogen-bond acceptors (Lipinski definition) is 7. The zero-order chi connectivity index (χ0) is 20.1. The summed E-state index contributed by atoms with van der Waals surface area (Å²) in [6.45, 7) is 6.03. The summed E-state index contributed by atoms with van der Waals surface area (Å²) in [5.41, 5.74) is 1.19. The molecule has 0 atom stereocenters. The van der Waals surface area contributed by atoms with Crippen LogP contribution in [0.5, 0.6) is 11.5 Å². The molecule has 0 aromatic heterocycles. The van der Waals surface area contributed by atoms with E-state index in [1.807, 2.05) is 13.8 Å². The van der Waals surface area contributed by atoms with E-state index < -0.39 is 17.9 Å². The van der Waals surface area contributed by atoms with Crippen LogP contribution in [-0.2, 0) is 19.1 Å². The Morgan fingerprint density at radius 3 is 2.11 bits per heavy atom. The van der Waals surface area contributed by atoms with Crippen LogP contribution in [0, 0.1) is 0 Å². The quantitative estimate of drug-likeness (QED) is 0.765. The number of nitrogens with zero attached hydrogens (tertiary/aromatic N) is 1. The van der Waals surface area contributed by atoms with Gasteiger partial charge in [0.1, 0.15) is 0 Å². The summed E-state index contributed by atoms with van der Waals surface area (Å²) in [5.74, 6) is -1.56. The second kappa shape index (κ2) is 8.62. The van der Waals surface area contributed by atoms with Gasteiger partial charge in [-0.05, 0) is 38.5 Å². The molecule has 7 nitrogen and oxygen atoms in total. The molecular weight excluding hydrogens is 350 g/mol. The summed E-state index contributed by atoms with van der Waals surface area (Å²) in [5, 5.41) is 9.98. The minimum absolute atomic E-state index is 0.0177. The molecule has 2 rings (SSSR count). The smallest absolute Gasteiger partial charge is 0.336 e. The van der Waals surface area contributed by atoms with Crippen molar-refractivity contribution < 1.29 is 28.9 Å². The minimum Gasteiger partial charge on any atom is -0.504 e. The van der Waals surface area contributed by atoms with Gasteiger partial charge in [0.15, 0.2) is 11.5 Å². The molecule has 7 heteroatoms. The highest BCUT2D eigenvalue weighted by Gasteiger charge is 2.36. The maximum atomic E-state index is 12.5. The van der Waals surface area contributed by atoms with Crippen LogP contribution < -0.4 is 4.74 Å². The molecule has 1 aromatic rings. The second-order valence-electron chi connectivity index (χ2n) is 6.29. The van der Waals surface area contributed by atoms with E-state index in [1.54, 1.807) is 36.4 Å². The van der Waals surface area contributed by atoms with Crippen molar-refractivity contribution in [2.24, 2.45) is 0 Å². The van der Waals surface area contributed by atoms with Crippen LogP contribution in [-0.4, -0.2) is 48.8 Å². The van der Waals surface area contributed by atoms with Crippen LogP contribution >= 0.6 is 0 Å². The first-order valence-corrected chi connectivity index (χ1v) is 8.67. The van der Waals surface area contributed by atoms with Crippen molar-refractivity contribution in [3.05, 3.63) is 47.3 Å². The van der Waals surface area contributed by atoms with E-state index >= 15 is 0 Å². The van der Waals surface area contributed by atoms with E-state index in [9.17, 15) is 14.7 Å². The van der Waals surface area contributed by atoms with E-state index in [-0.39, 0.29) is 17.5 Å². The third-order valence-electron chi connectivity index (χ3n) is 4.25. The molecule has 0 fully saturated rings. The first-order valence-electron chi connectivity index (χ1n) is 8.67. The number of esters is 2. The van der Waals surface area contributed by atoms with E-state index in [1.165, 1.54) is 20.3 Å². The van der Waals surface area contributed by atoms with E-state index in [0.29, 0.717) is 23.3 Å². The molecule has 0 radical (unpaired) electrons. The third-order valence-corrected chi connectivity index (χ3v) is 4.25. The summed E-state index contributed by atoms with van der Waals surface area (Å²) in [4.78, 5) is 26.7. The molecule has 1 aliphatic rings. The Hall–Kier alpha value is -2.96. The van der Waals surface area contributed by atoms with Gasteiger partial charge in [-0.1, -0.05) is 6.07 Å². The van der Waals surface area contributed by atoms with Crippen molar-refractivity contribution in [2.75, 3.05) is 20.8 Å². The van der Waals surface area contributed by atoms with Gasteiger partial charge in [-0.3, -0.25) is 0 Å². The fourth-order valence-corrected chi connectivity index (χ4v) is 2.89. The molecule has 27 heavy (non-hydrogen) atoms. The summed E-state index contributed by atoms with van der Waals surface area (Å²) in [7, 11) is 2.58. The van der Waals surface area contributed by atoms with Crippen molar-refractivity contribution in [1.29, 1.82) is 0 Å². The second-order valence-corrected chi connectivity index (χ2v) is 6.29. The number of carbonyl (C=O) groups excluding carboxylic acids is 2. The fraction of sp³-hybridized carbons (Fsp3) is 0.400. The number of ether oxygens (including phenoxy) is 3. The molecule has 0 spiro atoms. The van der Waals surface area contributed by atoms with E-state index in [2.05, 4.69) is 0 Å². The Morgan fingerprint density at radius 1 is 1.11 bits per heavy atom. The van der Waals surface area contributed by atoms with Crippen LogP contribution in [0.3, 0.4) is 0 Å². The molecule has 0 saturated heterocycles. The number of phenolic OH excluding ortho intramolecular Hbond substituents is 1. The van der Waals surface area contributed by atoms with Gasteiger partial charge in [0, 0.05) is 18.4 Å². The highest BCUT2D eigenvalue weighted by Crippen LogP contribution is 2.40. The molecule has 1 N–H and O–H groups in total. The van der Waals surface area contributed by atoms with Crippen LogP contribution in [0.1, 0.15) is 32.3 Å². The average molecular weight is 375 g/mol. The van der Waals surface area contributed by atoms with Crippen molar-refractivity contribution >= 4 is 11.9 Å². The molecule has 0 saturated carbocycles. The van der Waals surface area contributed by atoms with Gasteiger partial charge in [-0.25, -0.2) is 9.59 Å². The van der Waals surface area contributed by atoms with Gasteiger partial charge in [-0.2, -0.15) is 0 Å². The lowest BCUT2D eigenvalue weighted by Gasteiger charge is -2.32. The van der Waals surface area contributed by atoms with Gasteiger partial charge in [0.05, 0.1) is 37.9 Å². The topological polar surface area (TPSA) is 85.3 Å². The van der Waals surface area contributed by atoms with Crippen molar-refractivity contribution in [3.8, 4) is 11.5 Å². The zero-order valence-electron chi connectivity index (χ0n) is 16.2. The van der Waals surface area contributed by atoms with E-state index in [4.69, 9.17) is 14.2 Å². The Labute approximate surface area is 158 Å². The SMILES string of the molecule is CCOc1cc(C2C(C(=O)OC)=CN(C(C)C)C=C2C(=O)OC)ccc1O. The molecule has 0 unspecified atom stereocenters. The largest absolute Gasteiger partial charge is 0.504 e. The van der Waals surface area contributed by atoms with Gasteiger partial charge >= 0.3 is 11.9 Å². The standard InChI is InChI=1S/C20H25NO6/c1-6-27-17-9-13(7-8-16(17)22)18-14(19(23)25-4)10-21(12(2)3)11-15(18)20(24)26-5/h7-12,18,22H,6H2,1-5H3. The summed E-state index contributed by atoms with van der Waals surface area (Å²) >= 11 is 0. The number of methoxy groups -OCH3 is 2. The number of aromatic hydroxyl groups is 1. The van der Waals surface area contributed by atoms with E-state index in [0.717, 1.165) is 0 Å². The number of hydrogen-bond donors (Lipinski definition) is 1. The summed E-state index contributed by atoms with van der Waals surface area (Å²) in [6, 6.07) is 4.74. The Kier molecular flexibility index (Phi) is 6.50. The lowest BCUT2D eigenvalue weighted by Crippen LogP contribution is -2.31. The molecule has 0 amide bonds. The Balaban J connectivity index is 2.65. The van der Waals surface area contributed by atoms with Gasteiger partial charge in [0.25, 0.3) is 0 Å².